The maximum atomic E-state index is 15.4. The number of hydrogen-bond donors (Lipinski definition) is 1. The number of benzene rings is 2. The highest BCUT2D eigenvalue weighted by Gasteiger charge is 2.48. The summed E-state index contributed by atoms with van der Waals surface area (Å²) in [6.07, 6.45) is -7.02. The second-order valence-corrected chi connectivity index (χ2v) is 12.2. The first-order valence-electron chi connectivity index (χ1n) is 12.1. The summed E-state index contributed by atoms with van der Waals surface area (Å²) in [4.78, 5) is 0. The van der Waals surface area contributed by atoms with Gasteiger partial charge < -0.3 is 4.57 Å². The number of sulfonamides is 1. The lowest BCUT2D eigenvalue weighted by molar-refractivity contribution is -0.152. The average molecular weight is 574 g/mol. The minimum Gasteiger partial charge on any atom is -0.345 e. The summed E-state index contributed by atoms with van der Waals surface area (Å²) in [5, 5.41) is 8.27. The first-order chi connectivity index (χ1) is 18.2. The zero-order chi connectivity index (χ0) is 28.4. The molecule has 0 radical (unpaired) electrons. The van der Waals surface area contributed by atoms with Crippen molar-refractivity contribution in [2.24, 2.45) is 5.41 Å². The van der Waals surface area contributed by atoms with Crippen LogP contribution in [-0.4, -0.2) is 24.4 Å². The van der Waals surface area contributed by atoms with E-state index in [2.05, 4.69) is 6.07 Å². The largest absolute Gasteiger partial charge is 0.417 e. The molecule has 5 nitrogen and oxygen atoms in total. The number of rotatable bonds is 7. The third-order valence-electron chi connectivity index (χ3n) is 7.50. The van der Waals surface area contributed by atoms with E-state index < -0.39 is 67.2 Å². The Morgan fingerprint density at radius 1 is 1.08 bits per heavy atom. The minimum absolute atomic E-state index is 0.0444. The smallest absolute Gasteiger partial charge is 0.345 e. The lowest BCUT2D eigenvalue weighted by Gasteiger charge is -2.29. The first kappa shape index (κ1) is 27.5. The predicted octanol–water partition coefficient (Wildman–Crippen LogP) is 6.85. The summed E-state index contributed by atoms with van der Waals surface area (Å²) in [5.74, 6) is -1.21. The maximum absolute atomic E-state index is 15.4. The molecule has 0 saturated heterocycles. The molecule has 2 aliphatic rings. The molecule has 1 aromatic heterocycles. The van der Waals surface area contributed by atoms with Crippen LogP contribution in [0.1, 0.15) is 49.3 Å². The zero-order valence-corrected chi connectivity index (χ0v) is 21.0. The highest BCUT2D eigenvalue weighted by molar-refractivity contribution is 7.90. The predicted molar refractivity (Wildman–Crippen MR) is 128 cm³/mol. The van der Waals surface area contributed by atoms with Crippen LogP contribution < -0.4 is 4.72 Å². The van der Waals surface area contributed by atoms with Crippen LogP contribution in [0.5, 0.6) is 0 Å². The van der Waals surface area contributed by atoms with Gasteiger partial charge in [-0.2, -0.15) is 36.3 Å². The Labute approximate surface area is 219 Å². The summed E-state index contributed by atoms with van der Waals surface area (Å²) < 4.78 is 128. The van der Waals surface area contributed by atoms with Crippen molar-refractivity contribution in [3.63, 3.8) is 0 Å². The summed E-state index contributed by atoms with van der Waals surface area (Å²) in [7, 11) is -4.37. The summed E-state index contributed by atoms with van der Waals surface area (Å²) in [6, 6.07) is 5.36. The van der Waals surface area contributed by atoms with Crippen LogP contribution in [0.25, 0.3) is 22.0 Å². The minimum atomic E-state index is -5.11. The Morgan fingerprint density at radius 3 is 2.28 bits per heavy atom. The van der Waals surface area contributed by atoms with Crippen LogP contribution in [0.3, 0.4) is 0 Å². The molecule has 208 valence electrons. The van der Waals surface area contributed by atoms with E-state index in [4.69, 9.17) is 0 Å². The lowest BCUT2D eigenvalue weighted by atomic mass is 9.96. The number of fused-ring (bicyclic) bond motifs is 1. The van der Waals surface area contributed by atoms with Crippen molar-refractivity contribution in [3.05, 3.63) is 59.5 Å². The van der Waals surface area contributed by atoms with Gasteiger partial charge in [-0.25, -0.2) is 12.8 Å². The van der Waals surface area contributed by atoms with Crippen molar-refractivity contribution < 1.29 is 39.2 Å². The van der Waals surface area contributed by atoms with Crippen molar-refractivity contribution in [1.29, 1.82) is 5.26 Å². The van der Waals surface area contributed by atoms with Gasteiger partial charge in [0.1, 0.15) is 11.9 Å². The Bertz CT molecular complexity index is 1580. The Morgan fingerprint density at radius 2 is 1.74 bits per heavy atom. The van der Waals surface area contributed by atoms with Gasteiger partial charge in [-0.1, -0.05) is 24.6 Å². The molecule has 39 heavy (non-hydrogen) atoms. The fourth-order valence-electron chi connectivity index (χ4n) is 4.90. The number of aromatic nitrogens is 1. The molecule has 13 heteroatoms. The topological polar surface area (TPSA) is 74.9 Å². The zero-order valence-electron chi connectivity index (χ0n) is 20.2. The van der Waals surface area contributed by atoms with Gasteiger partial charge in [-0.15, -0.1) is 0 Å². The van der Waals surface area contributed by atoms with Gasteiger partial charge in [0.25, 0.3) is 0 Å². The monoisotopic (exact) mass is 573 g/mol. The molecule has 2 aromatic carbocycles. The molecule has 0 bridgehead atoms. The van der Waals surface area contributed by atoms with E-state index in [1.165, 1.54) is 10.6 Å². The fourth-order valence-corrected chi connectivity index (χ4v) is 6.64. The SMILES string of the molecule is N#CC1(Cn2cc([C@H](NS(=O)(=O)C3CCC3)C(F)(F)F)c3cc(F)c(-c4ccccc4C(F)(F)F)cc32)CC1. The van der Waals surface area contributed by atoms with Crippen molar-refractivity contribution in [2.75, 3.05) is 0 Å². The number of halogens is 7. The van der Waals surface area contributed by atoms with Crippen LogP contribution in [0, 0.1) is 22.6 Å². The van der Waals surface area contributed by atoms with Crippen molar-refractivity contribution in [3.8, 4) is 17.2 Å². The number of nitriles is 1. The van der Waals surface area contributed by atoms with Crippen LogP contribution in [-0.2, 0) is 22.7 Å². The normalized spacial score (nSPS) is 18.5. The van der Waals surface area contributed by atoms with E-state index in [0.29, 0.717) is 25.3 Å². The van der Waals surface area contributed by atoms with Gasteiger partial charge >= 0.3 is 12.4 Å². The molecular formula is C26H22F7N3O2S. The van der Waals surface area contributed by atoms with Crippen LogP contribution in [0.4, 0.5) is 30.7 Å². The molecule has 0 amide bonds. The molecular weight excluding hydrogens is 551 g/mol. The highest BCUT2D eigenvalue weighted by atomic mass is 32.2. The van der Waals surface area contributed by atoms with E-state index in [9.17, 15) is 40.0 Å². The number of nitrogens with one attached hydrogen (secondary N) is 1. The standard InChI is InChI=1S/C26H22F7N3O2S/c27-21-10-18-19(23(26(31,32)33)35-39(37,38)15-4-3-5-15)12-36(14-24(13-34)8-9-24)22(18)11-17(21)16-6-1-2-7-20(16)25(28,29)30/h1-2,6-7,10-12,15,23,35H,3-5,8-9,14H2/t23-/m0/s1. The Kier molecular flexibility index (Phi) is 6.50. The fraction of sp³-hybridized carbons (Fsp3) is 0.423. The molecule has 2 fully saturated rings. The summed E-state index contributed by atoms with van der Waals surface area (Å²) >= 11 is 0. The van der Waals surface area contributed by atoms with Crippen LogP contribution >= 0.6 is 0 Å². The van der Waals surface area contributed by atoms with Crippen molar-refractivity contribution in [2.45, 2.75) is 62.3 Å². The second-order valence-electron chi connectivity index (χ2n) is 10.2. The van der Waals surface area contributed by atoms with Gasteiger partial charge in [-0.05, 0) is 49.4 Å². The van der Waals surface area contributed by atoms with Gasteiger partial charge in [-0.3, -0.25) is 0 Å². The van der Waals surface area contributed by atoms with Crippen molar-refractivity contribution >= 4 is 20.9 Å². The molecule has 0 unspecified atom stereocenters. The van der Waals surface area contributed by atoms with E-state index in [0.717, 1.165) is 30.5 Å². The van der Waals surface area contributed by atoms with E-state index >= 15 is 4.39 Å². The van der Waals surface area contributed by atoms with Crippen molar-refractivity contribution in [1.82, 2.24) is 9.29 Å². The van der Waals surface area contributed by atoms with Gasteiger partial charge in [0.15, 0.2) is 0 Å². The molecule has 1 atom stereocenters. The van der Waals surface area contributed by atoms with Gasteiger partial charge in [0, 0.05) is 34.8 Å². The van der Waals surface area contributed by atoms with Crippen LogP contribution in [0.2, 0.25) is 0 Å². The highest BCUT2D eigenvalue weighted by Crippen LogP contribution is 2.48. The third kappa shape index (κ3) is 5.12. The van der Waals surface area contributed by atoms with E-state index in [1.54, 1.807) is 4.72 Å². The second kappa shape index (κ2) is 9.23. The molecule has 0 aliphatic heterocycles. The molecule has 3 aromatic rings. The summed E-state index contributed by atoms with van der Waals surface area (Å²) in [5.41, 5.74) is -3.64. The van der Waals surface area contributed by atoms with E-state index in [-0.39, 0.29) is 30.3 Å². The molecule has 5 rings (SSSR count). The Balaban J connectivity index is 1.71. The number of alkyl halides is 6. The number of nitrogens with zero attached hydrogens (tertiary/aromatic N) is 2. The summed E-state index contributed by atoms with van der Waals surface area (Å²) in [6.45, 7) is -0.0913. The third-order valence-corrected chi connectivity index (χ3v) is 9.41. The molecule has 1 N–H and O–H groups in total. The lowest BCUT2D eigenvalue weighted by Crippen LogP contribution is -2.44. The molecule has 1 heterocycles. The Hall–Kier alpha value is -3.11. The molecule has 2 saturated carbocycles. The van der Waals surface area contributed by atoms with Gasteiger partial charge in [0.2, 0.25) is 10.0 Å². The number of hydrogen-bond acceptors (Lipinski definition) is 3. The maximum Gasteiger partial charge on any atom is 0.417 e. The average Bonchev–Trinajstić information content (AvgIpc) is 3.50. The quantitative estimate of drug-likeness (QED) is 0.315. The van der Waals surface area contributed by atoms with Crippen LogP contribution in [0.15, 0.2) is 42.6 Å². The van der Waals surface area contributed by atoms with Gasteiger partial charge in [0.05, 0.1) is 22.3 Å². The van der Waals surface area contributed by atoms with E-state index in [1.807, 2.05) is 0 Å². The first-order valence-corrected chi connectivity index (χ1v) is 13.7. The molecule has 0 spiro atoms. The molecule has 2 aliphatic carbocycles.